The molecule has 0 atom stereocenters. The summed E-state index contributed by atoms with van der Waals surface area (Å²) in [6, 6.07) is 5.40. The zero-order valence-corrected chi connectivity index (χ0v) is 11.8. The fourth-order valence-corrected chi connectivity index (χ4v) is 1.86. The molecule has 0 unspecified atom stereocenters. The summed E-state index contributed by atoms with van der Waals surface area (Å²) in [4.78, 5) is 32.5. The standard InChI is InChI=1S/C12H14N2O5S/c1-12(2,11(16)17)20-7-10(15)13-8-3-5-9(6-4-8)14(18)19/h3-6H,7H2,1-2H3,(H,13,15)(H,16,17). The number of benzene rings is 1. The van der Waals surface area contributed by atoms with E-state index < -0.39 is 15.6 Å². The number of carbonyl (C=O) groups is 2. The summed E-state index contributed by atoms with van der Waals surface area (Å²) < 4.78 is -1.05. The maximum atomic E-state index is 11.6. The van der Waals surface area contributed by atoms with Crippen molar-refractivity contribution in [2.45, 2.75) is 18.6 Å². The summed E-state index contributed by atoms with van der Waals surface area (Å²) >= 11 is 1.00. The molecule has 0 saturated heterocycles. The first kappa shape index (κ1) is 16.0. The van der Waals surface area contributed by atoms with Gasteiger partial charge in [-0.2, -0.15) is 0 Å². The Labute approximate surface area is 119 Å². The molecule has 1 amide bonds. The second kappa shape index (κ2) is 6.38. The molecule has 2 N–H and O–H groups in total. The number of anilines is 1. The van der Waals surface area contributed by atoms with Crippen molar-refractivity contribution in [1.82, 2.24) is 0 Å². The number of carbonyl (C=O) groups excluding carboxylic acids is 1. The predicted molar refractivity (Wildman–Crippen MR) is 75.9 cm³/mol. The molecule has 0 bridgehead atoms. The lowest BCUT2D eigenvalue weighted by Crippen LogP contribution is -2.29. The van der Waals surface area contributed by atoms with E-state index in [-0.39, 0.29) is 17.3 Å². The number of nitro benzene ring substituents is 1. The third-order valence-corrected chi connectivity index (χ3v) is 3.74. The lowest BCUT2D eigenvalue weighted by atomic mass is 10.2. The number of rotatable bonds is 6. The number of non-ortho nitro benzene ring substituents is 1. The van der Waals surface area contributed by atoms with Crippen LogP contribution in [0.4, 0.5) is 11.4 Å². The van der Waals surface area contributed by atoms with Crippen molar-refractivity contribution in [3.8, 4) is 0 Å². The van der Waals surface area contributed by atoms with Gasteiger partial charge < -0.3 is 10.4 Å². The molecular weight excluding hydrogens is 284 g/mol. The molecule has 0 spiro atoms. The Bertz CT molecular complexity index is 527. The second-order valence-corrected chi connectivity index (χ2v) is 6.05. The number of hydrogen-bond acceptors (Lipinski definition) is 5. The van der Waals surface area contributed by atoms with Crippen LogP contribution in [0.2, 0.25) is 0 Å². The molecule has 8 heteroatoms. The van der Waals surface area contributed by atoms with Crippen LogP contribution < -0.4 is 5.32 Å². The van der Waals surface area contributed by atoms with Gasteiger partial charge >= 0.3 is 5.97 Å². The smallest absolute Gasteiger partial charge is 0.319 e. The van der Waals surface area contributed by atoms with Crippen LogP contribution in [-0.4, -0.2) is 32.4 Å². The number of carboxylic acid groups (broad SMARTS) is 1. The lowest BCUT2D eigenvalue weighted by molar-refractivity contribution is -0.384. The van der Waals surface area contributed by atoms with E-state index in [2.05, 4.69) is 5.32 Å². The highest BCUT2D eigenvalue weighted by molar-refractivity contribution is 8.02. The SMILES string of the molecule is CC(C)(SCC(=O)Nc1ccc([N+](=O)[O-])cc1)C(=O)O. The maximum absolute atomic E-state index is 11.6. The van der Waals surface area contributed by atoms with Gasteiger partial charge in [0.1, 0.15) is 4.75 Å². The molecule has 20 heavy (non-hydrogen) atoms. The van der Waals surface area contributed by atoms with Gasteiger partial charge in [0.2, 0.25) is 5.91 Å². The van der Waals surface area contributed by atoms with Gasteiger partial charge in [0, 0.05) is 17.8 Å². The van der Waals surface area contributed by atoms with Crippen LogP contribution in [0.3, 0.4) is 0 Å². The molecule has 0 aliphatic carbocycles. The maximum Gasteiger partial charge on any atom is 0.319 e. The molecule has 1 aromatic carbocycles. The van der Waals surface area contributed by atoms with Gasteiger partial charge in [-0.15, -0.1) is 11.8 Å². The Hall–Kier alpha value is -2.09. The number of nitrogens with one attached hydrogen (secondary N) is 1. The van der Waals surface area contributed by atoms with Crippen LogP contribution in [0.1, 0.15) is 13.8 Å². The van der Waals surface area contributed by atoms with Gasteiger partial charge in [-0.1, -0.05) is 0 Å². The molecule has 0 heterocycles. The number of thioether (sulfide) groups is 1. The summed E-state index contributed by atoms with van der Waals surface area (Å²) in [5, 5.41) is 21.9. The van der Waals surface area contributed by atoms with Gasteiger partial charge in [0.05, 0.1) is 10.7 Å². The van der Waals surface area contributed by atoms with Crippen LogP contribution in [0.25, 0.3) is 0 Å². The average molecular weight is 298 g/mol. The minimum Gasteiger partial charge on any atom is -0.480 e. The summed E-state index contributed by atoms with van der Waals surface area (Å²) in [6.07, 6.45) is 0. The molecular formula is C12H14N2O5S. The number of aliphatic carboxylic acids is 1. The highest BCUT2D eigenvalue weighted by Crippen LogP contribution is 2.24. The topological polar surface area (TPSA) is 110 Å². The van der Waals surface area contributed by atoms with Crippen molar-refractivity contribution in [2.24, 2.45) is 0 Å². The number of nitrogens with zero attached hydrogens (tertiary/aromatic N) is 1. The van der Waals surface area contributed by atoms with Crippen LogP contribution in [0.15, 0.2) is 24.3 Å². The summed E-state index contributed by atoms with van der Waals surface area (Å²) in [7, 11) is 0. The number of nitro groups is 1. The van der Waals surface area contributed by atoms with Crippen molar-refractivity contribution in [1.29, 1.82) is 0 Å². The molecule has 7 nitrogen and oxygen atoms in total. The predicted octanol–water partition coefficient (Wildman–Crippen LogP) is 2.13. The molecule has 0 saturated carbocycles. The van der Waals surface area contributed by atoms with Crippen molar-refractivity contribution in [3.63, 3.8) is 0 Å². The highest BCUT2D eigenvalue weighted by atomic mass is 32.2. The first-order valence-corrected chi connectivity index (χ1v) is 6.62. The fraction of sp³-hybridized carbons (Fsp3) is 0.333. The van der Waals surface area contributed by atoms with E-state index in [0.29, 0.717) is 5.69 Å². The summed E-state index contributed by atoms with van der Waals surface area (Å²) in [5.41, 5.74) is 0.360. The minimum atomic E-state index is -1.05. The third kappa shape index (κ3) is 4.54. The highest BCUT2D eigenvalue weighted by Gasteiger charge is 2.28. The Morgan fingerprint density at radius 2 is 1.90 bits per heavy atom. The van der Waals surface area contributed by atoms with E-state index >= 15 is 0 Å². The first-order chi connectivity index (χ1) is 9.22. The van der Waals surface area contributed by atoms with Crippen molar-refractivity contribution < 1.29 is 19.6 Å². The monoisotopic (exact) mass is 298 g/mol. The lowest BCUT2D eigenvalue weighted by Gasteiger charge is -2.17. The van der Waals surface area contributed by atoms with Gasteiger partial charge in [-0.05, 0) is 26.0 Å². The number of amides is 1. The zero-order valence-electron chi connectivity index (χ0n) is 11.0. The Balaban J connectivity index is 2.54. The second-order valence-electron chi connectivity index (χ2n) is 4.46. The van der Waals surface area contributed by atoms with Crippen molar-refractivity contribution >= 4 is 35.0 Å². The molecule has 0 radical (unpaired) electrons. The molecule has 1 aromatic rings. The van der Waals surface area contributed by atoms with Crippen LogP contribution >= 0.6 is 11.8 Å². The van der Waals surface area contributed by atoms with Crippen molar-refractivity contribution in [2.75, 3.05) is 11.1 Å². The average Bonchev–Trinajstić information content (AvgIpc) is 2.37. The largest absolute Gasteiger partial charge is 0.480 e. The van der Waals surface area contributed by atoms with Crippen LogP contribution in [0.5, 0.6) is 0 Å². The third-order valence-electron chi connectivity index (χ3n) is 2.44. The minimum absolute atomic E-state index is 0.0176. The Morgan fingerprint density at radius 3 is 2.35 bits per heavy atom. The van der Waals surface area contributed by atoms with Crippen LogP contribution in [0, 0.1) is 10.1 Å². The quantitative estimate of drug-likeness (QED) is 0.615. The normalized spacial score (nSPS) is 10.9. The Morgan fingerprint density at radius 1 is 1.35 bits per heavy atom. The summed E-state index contributed by atoms with van der Waals surface area (Å²) in [5.74, 6) is -1.38. The zero-order chi connectivity index (χ0) is 15.3. The molecule has 0 aliphatic heterocycles. The van der Waals surface area contributed by atoms with Gasteiger partial charge in [0.25, 0.3) is 5.69 Å². The van der Waals surface area contributed by atoms with Gasteiger partial charge in [0.15, 0.2) is 0 Å². The molecule has 0 aliphatic rings. The van der Waals surface area contributed by atoms with Crippen molar-refractivity contribution in [3.05, 3.63) is 34.4 Å². The Kier molecular flexibility index (Phi) is 5.09. The molecule has 1 rings (SSSR count). The van der Waals surface area contributed by atoms with E-state index in [1.807, 2.05) is 0 Å². The number of hydrogen-bond donors (Lipinski definition) is 2. The van der Waals surface area contributed by atoms with E-state index in [9.17, 15) is 19.7 Å². The summed E-state index contributed by atoms with van der Waals surface area (Å²) in [6.45, 7) is 3.03. The van der Waals surface area contributed by atoms with Gasteiger partial charge in [-0.25, -0.2) is 0 Å². The first-order valence-electron chi connectivity index (χ1n) is 5.64. The van der Waals surface area contributed by atoms with E-state index in [1.165, 1.54) is 38.1 Å². The van der Waals surface area contributed by atoms with Crippen LogP contribution in [-0.2, 0) is 9.59 Å². The van der Waals surface area contributed by atoms with E-state index in [0.717, 1.165) is 11.8 Å². The number of carboxylic acids is 1. The molecule has 108 valence electrons. The van der Waals surface area contributed by atoms with Gasteiger partial charge in [-0.3, -0.25) is 19.7 Å². The fourth-order valence-electron chi connectivity index (χ4n) is 1.17. The molecule has 0 fully saturated rings. The van der Waals surface area contributed by atoms with E-state index in [4.69, 9.17) is 5.11 Å². The van der Waals surface area contributed by atoms with E-state index in [1.54, 1.807) is 0 Å². The molecule has 0 aromatic heterocycles.